The highest BCUT2D eigenvalue weighted by Gasteiger charge is 2.13. The number of nitrogens with zero attached hydrogens (tertiary/aromatic N) is 2. The first kappa shape index (κ1) is 19.5. The van der Waals surface area contributed by atoms with E-state index >= 15 is 0 Å². The number of carbonyl (C=O) groups is 1. The van der Waals surface area contributed by atoms with Gasteiger partial charge in [-0.05, 0) is 31.2 Å². The lowest BCUT2D eigenvalue weighted by atomic mass is 10.1. The Kier molecular flexibility index (Phi) is 5.55. The molecule has 0 spiro atoms. The fraction of sp³-hybridized carbons (Fsp3) is 0.143. The molecule has 29 heavy (non-hydrogen) atoms. The highest BCUT2D eigenvalue weighted by molar-refractivity contribution is 9.10. The van der Waals surface area contributed by atoms with Gasteiger partial charge in [0.15, 0.2) is 5.13 Å². The summed E-state index contributed by atoms with van der Waals surface area (Å²) in [4.78, 5) is 37.3. The van der Waals surface area contributed by atoms with Crippen LogP contribution >= 0.6 is 27.3 Å². The third-order valence-corrected chi connectivity index (χ3v) is 5.83. The molecular weight excluding hydrogens is 452 g/mol. The zero-order valence-corrected chi connectivity index (χ0v) is 17.9. The molecule has 2 N–H and O–H groups in total. The lowest BCUT2D eigenvalue weighted by molar-refractivity contribution is -0.116. The molecule has 0 saturated heterocycles. The Morgan fingerprint density at radius 3 is 2.69 bits per heavy atom. The number of aromatic amines is 1. The second-order valence-corrected chi connectivity index (χ2v) is 8.63. The molecule has 2 aromatic heterocycles. The quantitative estimate of drug-likeness (QED) is 0.444. The molecule has 0 aliphatic heterocycles. The van der Waals surface area contributed by atoms with Crippen LogP contribution in [0.3, 0.4) is 0 Å². The average Bonchev–Trinajstić information content (AvgIpc) is 3.07. The van der Waals surface area contributed by atoms with E-state index in [2.05, 4.69) is 36.2 Å². The fourth-order valence-electron chi connectivity index (χ4n) is 2.98. The average molecular weight is 469 g/mol. The maximum Gasteiger partial charge on any atom is 0.270 e. The molecule has 6 nitrogen and oxygen atoms in total. The second kappa shape index (κ2) is 8.26. The van der Waals surface area contributed by atoms with E-state index in [0.29, 0.717) is 21.9 Å². The van der Waals surface area contributed by atoms with Gasteiger partial charge in [0, 0.05) is 27.8 Å². The van der Waals surface area contributed by atoms with E-state index in [-0.39, 0.29) is 24.3 Å². The first-order valence-corrected chi connectivity index (χ1v) is 10.6. The number of amides is 1. The number of hydrogen-bond acceptors (Lipinski definition) is 5. The first-order valence-electron chi connectivity index (χ1n) is 9.01. The predicted octanol–water partition coefficient (Wildman–Crippen LogP) is 4.69. The van der Waals surface area contributed by atoms with Gasteiger partial charge in [0.05, 0.1) is 16.7 Å². The maximum atomic E-state index is 12.4. The minimum atomic E-state index is -0.265. The predicted molar refractivity (Wildman–Crippen MR) is 119 cm³/mol. The standard InChI is InChI=1S/C21H17BrN4O2S/c1-12-19(13-6-8-14(22)9-7-13)26-21(29-12)25-18(27)11-10-17-20(28)24-16-5-3-2-4-15(16)23-17/h2-9H,10-11H2,1H3,(H,24,28)(H,25,26,27). The molecule has 0 unspecified atom stereocenters. The van der Waals surface area contributed by atoms with Gasteiger partial charge in [0.1, 0.15) is 5.69 Å². The normalized spacial score (nSPS) is 11.0. The van der Waals surface area contributed by atoms with Crippen LogP contribution in [-0.4, -0.2) is 20.9 Å². The van der Waals surface area contributed by atoms with Crippen molar-refractivity contribution in [1.82, 2.24) is 15.0 Å². The van der Waals surface area contributed by atoms with Gasteiger partial charge in [-0.1, -0.05) is 40.2 Å². The van der Waals surface area contributed by atoms with Gasteiger partial charge in [-0.25, -0.2) is 9.97 Å². The van der Waals surface area contributed by atoms with Crippen molar-refractivity contribution in [3.63, 3.8) is 0 Å². The second-order valence-electron chi connectivity index (χ2n) is 6.51. The number of aryl methyl sites for hydroxylation is 2. The van der Waals surface area contributed by atoms with Crippen LogP contribution in [0.1, 0.15) is 17.0 Å². The molecule has 0 saturated carbocycles. The molecule has 2 aromatic carbocycles. The molecule has 4 aromatic rings. The van der Waals surface area contributed by atoms with Crippen molar-refractivity contribution < 1.29 is 4.79 Å². The van der Waals surface area contributed by atoms with Crippen molar-refractivity contribution in [2.75, 3.05) is 5.32 Å². The summed E-state index contributed by atoms with van der Waals surface area (Å²) in [5, 5.41) is 3.38. The Labute approximate surface area is 179 Å². The van der Waals surface area contributed by atoms with Crippen LogP contribution < -0.4 is 10.9 Å². The molecule has 0 aliphatic rings. The first-order chi connectivity index (χ1) is 14.0. The summed E-state index contributed by atoms with van der Waals surface area (Å²) in [5.41, 5.74) is 3.32. The summed E-state index contributed by atoms with van der Waals surface area (Å²) in [6.07, 6.45) is 0.413. The van der Waals surface area contributed by atoms with E-state index in [0.717, 1.165) is 20.6 Å². The molecule has 0 aliphatic carbocycles. The number of halogens is 1. The molecular formula is C21H17BrN4O2S. The number of anilines is 1. The summed E-state index contributed by atoms with van der Waals surface area (Å²) in [6.45, 7) is 1.98. The fourth-order valence-corrected chi connectivity index (χ4v) is 4.09. The summed E-state index contributed by atoms with van der Waals surface area (Å²) in [5.74, 6) is -0.199. The van der Waals surface area contributed by atoms with Crippen LogP contribution in [-0.2, 0) is 11.2 Å². The Morgan fingerprint density at radius 2 is 1.90 bits per heavy atom. The molecule has 8 heteroatoms. The molecule has 146 valence electrons. The highest BCUT2D eigenvalue weighted by Crippen LogP contribution is 2.31. The van der Waals surface area contributed by atoms with E-state index in [4.69, 9.17) is 0 Å². The van der Waals surface area contributed by atoms with E-state index in [9.17, 15) is 9.59 Å². The number of thiazole rings is 1. The zero-order chi connectivity index (χ0) is 20.4. The molecule has 0 bridgehead atoms. The van der Waals surface area contributed by atoms with Gasteiger partial charge in [0.25, 0.3) is 5.56 Å². The van der Waals surface area contributed by atoms with Crippen molar-refractivity contribution in [1.29, 1.82) is 0 Å². The minimum Gasteiger partial charge on any atom is -0.319 e. The van der Waals surface area contributed by atoms with Gasteiger partial charge in [-0.2, -0.15) is 0 Å². The Balaban J connectivity index is 1.44. The van der Waals surface area contributed by atoms with Crippen LogP contribution in [0.25, 0.3) is 22.3 Å². The molecule has 2 heterocycles. The van der Waals surface area contributed by atoms with Gasteiger partial charge in [-0.15, -0.1) is 11.3 Å². The molecule has 0 fully saturated rings. The summed E-state index contributed by atoms with van der Waals surface area (Å²) >= 11 is 4.85. The number of hydrogen-bond donors (Lipinski definition) is 2. The number of rotatable bonds is 5. The van der Waals surface area contributed by atoms with E-state index in [1.807, 2.05) is 49.4 Å². The van der Waals surface area contributed by atoms with Crippen LogP contribution in [0.15, 0.2) is 57.8 Å². The van der Waals surface area contributed by atoms with Crippen molar-refractivity contribution in [3.8, 4) is 11.3 Å². The van der Waals surface area contributed by atoms with Crippen molar-refractivity contribution in [2.45, 2.75) is 19.8 Å². The third kappa shape index (κ3) is 4.44. The SMILES string of the molecule is Cc1sc(NC(=O)CCc2nc3ccccc3[nH]c2=O)nc1-c1ccc(Br)cc1. The highest BCUT2D eigenvalue weighted by atomic mass is 79.9. The van der Waals surface area contributed by atoms with E-state index < -0.39 is 0 Å². The van der Waals surface area contributed by atoms with E-state index in [1.165, 1.54) is 11.3 Å². The summed E-state index contributed by atoms with van der Waals surface area (Å²) in [7, 11) is 0. The molecule has 1 amide bonds. The minimum absolute atomic E-state index is 0.153. The van der Waals surface area contributed by atoms with Gasteiger partial charge in [0.2, 0.25) is 5.91 Å². The van der Waals surface area contributed by atoms with Crippen molar-refractivity contribution in [3.05, 3.63) is 73.9 Å². The molecule has 0 radical (unpaired) electrons. The Morgan fingerprint density at radius 1 is 1.14 bits per heavy atom. The number of nitrogens with one attached hydrogen (secondary N) is 2. The van der Waals surface area contributed by atoms with Crippen molar-refractivity contribution >= 4 is 49.3 Å². The zero-order valence-electron chi connectivity index (χ0n) is 15.5. The van der Waals surface area contributed by atoms with Crippen LogP contribution in [0.4, 0.5) is 5.13 Å². The number of para-hydroxylation sites is 2. The monoisotopic (exact) mass is 468 g/mol. The van der Waals surface area contributed by atoms with Crippen LogP contribution in [0, 0.1) is 6.92 Å². The Bertz CT molecular complexity index is 1250. The van der Waals surface area contributed by atoms with Gasteiger partial charge in [-0.3, -0.25) is 9.59 Å². The smallest absolute Gasteiger partial charge is 0.270 e. The summed E-state index contributed by atoms with van der Waals surface area (Å²) in [6, 6.07) is 15.2. The van der Waals surface area contributed by atoms with E-state index in [1.54, 1.807) is 6.07 Å². The third-order valence-electron chi connectivity index (χ3n) is 4.42. The topological polar surface area (TPSA) is 87.7 Å². The number of H-pyrrole nitrogens is 1. The maximum absolute atomic E-state index is 12.4. The lowest BCUT2D eigenvalue weighted by Crippen LogP contribution is -2.18. The van der Waals surface area contributed by atoms with Crippen molar-refractivity contribution in [2.24, 2.45) is 0 Å². The number of benzene rings is 2. The van der Waals surface area contributed by atoms with Gasteiger partial charge < -0.3 is 10.3 Å². The largest absolute Gasteiger partial charge is 0.319 e. The van der Waals surface area contributed by atoms with Crippen LogP contribution in [0.5, 0.6) is 0 Å². The number of carbonyl (C=O) groups excluding carboxylic acids is 1. The summed E-state index contributed by atoms with van der Waals surface area (Å²) < 4.78 is 1.000. The molecule has 0 atom stereocenters. The number of aromatic nitrogens is 3. The Hall–Kier alpha value is -2.84. The lowest BCUT2D eigenvalue weighted by Gasteiger charge is -2.03. The van der Waals surface area contributed by atoms with Crippen LogP contribution in [0.2, 0.25) is 0 Å². The molecule has 4 rings (SSSR count). The van der Waals surface area contributed by atoms with Gasteiger partial charge >= 0.3 is 0 Å². The number of fused-ring (bicyclic) bond motifs is 1.